The molecule has 0 saturated heterocycles. The Morgan fingerprint density at radius 3 is 1.83 bits per heavy atom. The molecule has 0 spiro atoms. The zero-order valence-electron chi connectivity index (χ0n) is 6.12. The molecule has 0 saturated carbocycles. The van der Waals surface area contributed by atoms with Gasteiger partial charge in [0, 0.05) is 7.11 Å². The molecular weight excluding hydrogens is 187 g/mol. The zero-order valence-corrected chi connectivity index (χ0v) is 6.12. The monoisotopic (exact) mass is 194 g/mol. The van der Waals surface area contributed by atoms with Crippen LogP contribution in [0.2, 0.25) is 0 Å². The Balaban J connectivity index is 3.75. The summed E-state index contributed by atoms with van der Waals surface area (Å²) in [5.74, 6) is -3.61. The maximum absolute atomic E-state index is 12.2. The van der Waals surface area contributed by atoms with Crippen molar-refractivity contribution < 1.29 is 31.4 Å². The molecule has 0 aromatic carbocycles. The molecule has 74 valence electrons. The van der Waals surface area contributed by atoms with E-state index in [1.54, 1.807) is 0 Å². The van der Waals surface area contributed by atoms with Gasteiger partial charge in [0.25, 0.3) is 5.92 Å². The van der Waals surface area contributed by atoms with Crippen LogP contribution < -0.4 is 0 Å². The minimum absolute atomic E-state index is 0.960. The Labute approximate surface area is 65.3 Å². The molecule has 12 heavy (non-hydrogen) atoms. The van der Waals surface area contributed by atoms with Gasteiger partial charge in [0.2, 0.25) is 0 Å². The van der Waals surface area contributed by atoms with Crippen LogP contribution in [-0.4, -0.2) is 32.6 Å². The number of ether oxygens (including phenoxy) is 2. The van der Waals surface area contributed by atoms with Crippen molar-refractivity contribution in [2.24, 2.45) is 0 Å². The van der Waals surface area contributed by atoms with Gasteiger partial charge in [-0.1, -0.05) is 0 Å². The van der Waals surface area contributed by atoms with E-state index in [4.69, 9.17) is 0 Å². The van der Waals surface area contributed by atoms with E-state index in [2.05, 4.69) is 9.47 Å². The summed E-state index contributed by atoms with van der Waals surface area (Å²) in [6.45, 7) is -2.81. The van der Waals surface area contributed by atoms with Gasteiger partial charge < -0.3 is 4.74 Å². The highest BCUT2D eigenvalue weighted by Crippen LogP contribution is 2.21. The molecule has 0 aromatic rings. The maximum Gasteiger partial charge on any atom is 0.522 e. The first-order valence-corrected chi connectivity index (χ1v) is 2.84. The second kappa shape index (κ2) is 3.99. The molecular formula is C5H7F5O2. The summed E-state index contributed by atoms with van der Waals surface area (Å²) in [7, 11) is 0.960. The molecule has 0 unspecified atom stereocenters. The van der Waals surface area contributed by atoms with E-state index in [1.165, 1.54) is 0 Å². The van der Waals surface area contributed by atoms with Crippen LogP contribution in [0.4, 0.5) is 22.0 Å². The van der Waals surface area contributed by atoms with Crippen molar-refractivity contribution >= 4 is 0 Å². The lowest BCUT2D eigenvalue weighted by Gasteiger charge is -2.16. The SMILES string of the molecule is COCC(F)(F)COC(F)(F)F. The van der Waals surface area contributed by atoms with E-state index >= 15 is 0 Å². The van der Waals surface area contributed by atoms with E-state index in [0.29, 0.717) is 0 Å². The molecule has 0 N–H and O–H groups in total. The number of methoxy groups -OCH3 is 1. The molecule has 0 bridgehead atoms. The number of hydrogen-bond donors (Lipinski definition) is 0. The average molecular weight is 194 g/mol. The Morgan fingerprint density at radius 1 is 1.00 bits per heavy atom. The van der Waals surface area contributed by atoms with E-state index in [1.807, 2.05) is 0 Å². The van der Waals surface area contributed by atoms with Gasteiger partial charge in [-0.25, -0.2) is 8.78 Å². The summed E-state index contributed by atoms with van der Waals surface area (Å²) in [5.41, 5.74) is 0. The highest BCUT2D eigenvalue weighted by Gasteiger charge is 2.37. The molecule has 0 heterocycles. The van der Waals surface area contributed by atoms with Crippen molar-refractivity contribution in [3.8, 4) is 0 Å². The van der Waals surface area contributed by atoms with Gasteiger partial charge in [-0.05, 0) is 0 Å². The Hall–Kier alpha value is -0.430. The molecule has 0 amide bonds. The number of rotatable bonds is 4. The number of hydrogen-bond acceptors (Lipinski definition) is 2. The molecule has 0 atom stereocenters. The highest BCUT2D eigenvalue weighted by atomic mass is 19.4. The van der Waals surface area contributed by atoms with Gasteiger partial charge in [0.1, 0.15) is 13.2 Å². The van der Waals surface area contributed by atoms with Crippen LogP contribution in [0.5, 0.6) is 0 Å². The van der Waals surface area contributed by atoms with Crippen LogP contribution in [0.25, 0.3) is 0 Å². The fourth-order valence-electron chi connectivity index (χ4n) is 0.440. The normalized spacial score (nSPS) is 13.5. The predicted molar refractivity (Wildman–Crippen MR) is 28.8 cm³/mol. The van der Waals surface area contributed by atoms with Crippen LogP contribution in [0.15, 0.2) is 0 Å². The van der Waals surface area contributed by atoms with Crippen LogP contribution in [0, 0.1) is 0 Å². The van der Waals surface area contributed by atoms with Gasteiger partial charge in [0.15, 0.2) is 0 Å². The minimum atomic E-state index is -5.03. The third kappa shape index (κ3) is 6.29. The molecule has 7 heteroatoms. The van der Waals surface area contributed by atoms with Crippen LogP contribution in [-0.2, 0) is 9.47 Å². The summed E-state index contributed by atoms with van der Waals surface area (Å²) >= 11 is 0. The molecule has 0 aliphatic heterocycles. The predicted octanol–water partition coefficient (Wildman–Crippen LogP) is 1.80. The van der Waals surface area contributed by atoms with E-state index < -0.39 is 25.5 Å². The second-order valence-corrected chi connectivity index (χ2v) is 2.02. The van der Waals surface area contributed by atoms with Gasteiger partial charge in [0.05, 0.1) is 0 Å². The van der Waals surface area contributed by atoms with Crippen LogP contribution in [0.1, 0.15) is 0 Å². The van der Waals surface area contributed by atoms with Crippen molar-refractivity contribution in [2.45, 2.75) is 12.3 Å². The van der Waals surface area contributed by atoms with Gasteiger partial charge in [-0.15, -0.1) is 13.2 Å². The molecule has 2 nitrogen and oxygen atoms in total. The fourth-order valence-corrected chi connectivity index (χ4v) is 0.440. The average Bonchev–Trinajstić information content (AvgIpc) is 1.83. The third-order valence-electron chi connectivity index (χ3n) is 0.803. The number of halogens is 5. The fraction of sp³-hybridized carbons (Fsp3) is 1.00. The first-order chi connectivity index (χ1) is 5.27. The lowest BCUT2D eigenvalue weighted by molar-refractivity contribution is -0.342. The first kappa shape index (κ1) is 11.6. The molecule has 0 aliphatic rings. The van der Waals surface area contributed by atoms with Gasteiger partial charge >= 0.3 is 6.36 Å². The van der Waals surface area contributed by atoms with Crippen LogP contribution >= 0.6 is 0 Å². The lowest BCUT2D eigenvalue weighted by Crippen LogP contribution is -2.32. The van der Waals surface area contributed by atoms with Gasteiger partial charge in [-0.2, -0.15) is 0 Å². The van der Waals surface area contributed by atoms with Gasteiger partial charge in [-0.3, -0.25) is 4.74 Å². The quantitative estimate of drug-likeness (QED) is 0.635. The Kier molecular flexibility index (Phi) is 3.85. The smallest absolute Gasteiger partial charge is 0.378 e. The van der Waals surface area contributed by atoms with Crippen molar-refractivity contribution in [1.29, 1.82) is 0 Å². The number of alkyl halides is 5. The van der Waals surface area contributed by atoms with Crippen LogP contribution in [0.3, 0.4) is 0 Å². The molecule has 0 fully saturated rings. The molecule has 0 radical (unpaired) electrons. The van der Waals surface area contributed by atoms with Crippen molar-refractivity contribution in [1.82, 2.24) is 0 Å². The van der Waals surface area contributed by atoms with Crippen molar-refractivity contribution in [3.63, 3.8) is 0 Å². The Morgan fingerprint density at radius 2 is 1.50 bits per heavy atom. The summed E-state index contributed by atoms with van der Waals surface area (Å²) in [5, 5.41) is 0. The highest BCUT2D eigenvalue weighted by molar-refractivity contribution is 4.63. The summed E-state index contributed by atoms with van der Waals surface area (Å²) < 4.78 is 65.0. The van der Waals surface area contributed by atoms with Crippen molar-refractivity contribution in [3.05, 3.63) is 0 Å². The zero-order chi connectivity index (χ0) is 9.83. The molecule has 0 aromatic heterocycles. The van der Waals surface area contributed by atoms with E-state index in [-0.39, 0.29) is 0 Å². The minimum Gasteiger partial charge on any atom is -0.378 e. The maximum atomic E-state index is 12.2. The summed E-state index contributed by atoms with van der Waals surface area (Å²) in [6, 6.07) is 0. The first-order valence-electron chi connectivity index (χ1n) is 2.84. The standard InChI is InChI=1S/C5H7F5O2/c1-11-2-4(6,7)3-12-5(8,9)10/h2-3H2,1H3. The summed E-state index contributed by atoms with van der Waals surface area (Å²) in [4.78, 5) is 0. The third-order valence-corrected chi connectivity index (χ3v) is 0.803. The van der Waals surface area contributed by atoms with E-state index in [0.717, 1.165) is 7.11 Å². The lowest BCUT2D eigenvalue weighted by atomic mass is 10.4. The molecule has 0 aliphatic carbocycles. The topological polar surface area (TPSA) is 18.5 Å². The second-order valence-electron chi connectivity index (χ2n) is 2.02. The largest absolute Gasteiger partial charge is 0.522 e. The molecule has 0 rings (SSSR count). The summed E-state index contributed by atoms with van der Waals surface area (Å²) in [6.07, 6.45) is -5.03. The van der Waals surface area contributed by atoms with Crippen molar-refractivity contribution in [2.75, 3.05) is 20.3 Å². The van der Waals surface area contributed by atoms with E-state index in [9.17, 15) is 22.0 Å². The Bertz CT molecular complexity index is 132.